The van der Waals surface area contributed by atoms with Gasteiger partial charge in [-0.1, -0.05) is 31.7 Å². The molecule has 2 heteroatoms. The average Bonchev–Trinajstić information content (AvgIpc) is 1.93. The van der Waals surface area contributed by atoms with Crippen LogP contribution in [-0.2, 0) is 0 Å². The van der Waals surface area contributed by atoms with E-state index in [-0.39, 0.29) is 0 Å². The molecule has 1 unspecified atom stereocenters. The zero-order chi connectivity index (χ0) is 8.27. The molecule has 0 bridgehead atoms. The maximum atomic E-state index is 2.39. The second-order valence-corrected chi connectivity index (χ2v) is 5.26. The van der Waals surface area contributed by atoms with E-state index >= 15 is 0 Å². The minimum absolute atomic E-state index is 0.888. The third kappa shape index (κ3) is 3.04. The Morgan fingerprint density at radius 2 is 1.82 bits per heavy atom. The second kappa shape index (κ2) is 4.36. The third-order valence-corrected chi connectivity index (χ3v) is 3.77. The minimum atomic E-state index is 0.888. The minimum Gasteiger partial charge on any atom is -0.257 e. The third-order valence-electron chi connectivity index (χ3n) is 2.38. The van der Waals surface area contributed by atoms with Crippen molar-refractivity contribution in [1.82, 2.24) is 4.31 Å². The molecule has 66 valence electrons. The fraction of sp³-hybridized carbons (Fsp3) is 1.00. The molecule has 0 saturated heterocycles. The van der Waals surface area contributed by atoms with Gasteiger partial charge in [0.25, 0.3) is 0 Å². The van der Waals surface area contributed by atoms with Crippen molar-refractivity contribution in [2.24, 2.45) is 5.92 Å². The number of nitrogens with zero attached hydrogens (tertiary/aromatic N) is 1. The van der Waals surface area contributed by atoms with Crippen LogP contribution in [0.25, 0.3) is 0 Å². The first kappa shape index (κ1) is 9.40. The maximum Gasteiger partial charge on any atom is 0.0220 e. The van der Waals surface area contributed by atoms with Gasteiger partial charge in [-0.2, -0.15) is 0 Å². The van der Waals surface area contributed by atoms with E-state index in [0.717, 1.165) is 11.2 Å². The topological polar surface area (TPSA) is 3.24 Å². The predicted molar refractivity (Wildman–Crippen MR) is 52.7 cm³/mol. The number of rotatable bonds is 2. The lowest BCUT2D eigenvalue weighted by Crippen LogP contribution is -2.22. The van der Waals surface area contributed by atoms with Crippen molar-refractivity contribution in [2.45, 2.75) is 37.9 Å². The summed E-state index contributed by atoms with van der Waals surface area (Å²) in [7, 11) is 4.29. The van der Waals surface area contributed by atoms with Crippen LogP contribution in [0.5, 0.6) is 0 Å². The molecule has 0 aliphatic heterocycles. The van der Waals surface area contributed by atoms with E-state index in [1.165, 1.54) is 25.7 Å². The highest BCUT2D eigenvalue weighted by Gasteiger charge is 2.22. The SMILES string of the molecule is CC1CCCC[C@@H]1SN(C)C. The zero-order valence-corrected chi connectivity index (χ0v) is 8.66. The van der Waals surface area contributed by atoms with Gasteiger partial charge in [0, 0.05) is 5.25 Å². The first-order chi connectivity index (χ1) is 5.20. The summed E-state index contributed by atoms with van der Waals surface area (Å²) >= 11 is 2.02. The largest absolute Gasteiger partial charge is 0.257 e. The molecule has 11 heavy (non-hydrogen) atoms. The lowest BCUT2D eigenvalue weighted by atomic mass is 9.90. The monoisotopic (exact) mass is 173 g/mol. The first-order valence-corrected chi connectivity index (χ1v) is 5.38. The standard InChI is InChI=1S/C9H19NS/c1-8-6-4-5-7-9(8)11-10(2)3/h8-9H,4-7H2,1-3H3/t8?,9-/m0/s1. The fourth-order valence-corrected chi connectivity index (χ4v) is 2.87. The summed E-state index contributed by atoms with van der Waals surface area (Å²) in [4.78, 5) is 0. The summed E-state index contributed by atoms with van der Waals surface area (Å²) in [5, 5.41) is 0.888. The Morgan fingerprint density at radius 3 is 2.36 bits per heavy atom. The van der Waals surface area contributed by atoms with Crippen molar-refractivity contribution in [3.63, 3.8) is 0 Å². The van der Waals surface area contributed by atoms with Crippen molar-refractivity contribution in [2.75, 3.05) is 14.1 Å². The summed E-state index contributed by atoms with van der Waals surface area (Å²) in [6.45, 7) is 2.39. The van der Waals surface area contributed by atoms with E-state index in [1.807, 2.05) is 11.9 Å². The Balaban J connectivity index is 2.29. The van der Waals surface area contributed by atoms with Gasteiger partial charge in [0.15, 0.2) is 0 Å². The Hall–Kier alpha value is 0.310. The molecule has 0 N–H and O–H groups in total. The Labute approximate surface area is 74.7 Å². The van der Waals surface area contributed by atoms with Crippen molar-refractivity contribution < 1.29 is 0 Å². The molecule has 1 nitrogen and oxygen atoms in total. The Morgan fingerprint density at radius 1 is 1.18 bits per heavy atom. The molecule has 0 aromatic carbocycles. The predicted octanol–water partition coefficient (Wildman–Crippen LogP) is 2.77. The van der Waals surface area contributed by atoms with E-state index in [2.05, 4.69) is 25.3 Å². The number of hydrogen-bond donors (Lipinski definition) is 0. The van der Waals surface area contributed by atoms with Crippen LogP contribution in [0.15, 0.2) is 0 Å². The summed E-state index contributed by atoms with van der Waals surface area (Å²) in [5.41, 5.74) is 0. The summed E-state index contributed by atoms with van der Waals surface area (Å²) in [5.74, 6) is 0.927. The lowest BCUT2D eigenvalue weighted by molar-refractivity contribution is 0.393. The molecule has 0 aromatic rings. The van der Waals surface area contributed by atoms with Gasteiger partial charge >= 0.3 is 0 Å². The molecule has 2 atom stereocenters. The van der Waals surface area contributed by atoms with Crippen LogP contribution in [0.3, 0.4) is 0 Å². The van der Waals surface area contributed by atoms with Crippen LogP contribution in [0.4, 0.5) is 0 Å². The molecule has 0 amide bonds. The van der Waals surface area contributed by atoms with Crippen molar-refractivity contribution in [3.8, 4) is 0 Å². The fourth-order valence-electron chi connectivity index (χ4n) is 1.71. The average molecular weight is 173 g/mol. The van der Waals surface area contributed by atoms with E-state index in [0.29, 0.717) is 0 Å². The molecule has 0 aromatic heterocycles. The van der Waals surface area contributed by atoms with Crippen LogP contribution >= 0.6 is 11.9 Å². The molecule has 1 aliphatic rings. The quantitative estimate of drug-likeness (QED) is 0.591. The maximum absolute atomic E-state index is 2.39. The van der Waals surface area contributed by atoms with E-state index in [9.17, 15) is 0 Å². The Kier molecular flexibility index (Phi) is 3.73. The summed E-state index contributed by atoms with van der Waals surface area (Å²) in [6.07, 6.45) is 5.75. The molecule has 1 rings (SSSR count). The van der Waals surface area contributed by atoms with E-state index in [4.69, 9.17) is 0 Å². The lowest BCUT2D eigenvalue weighted by Gasteiger charge is -2.29. The van der Waals surface area contributed by atoms with Crippen LogP contribution in [-0.4, -0.2) is 23.7 Å². The van der Waals surface area contributed by atoms with Gasteiger partial charge in [-0.3, -0.25) is 4.31 Å². The molecule has 0 heterocycles. The van der Waals surface area contributed by atoms with Gasteiger partial charge in [0.05, 0.1) is 0 Å². The highest BCUT2D eigenvalue weighted by atomic mass is 32.2. The molecule has 1 saturated carbocycles. The second-order valence-electron chi connectivity index (χ2n) is 3.72. The normalized spacial score (nSPS) is 32.7. The highest BCUT2D eigenvalue weighted by Crippen LogP contribution is 2.33. The molecule has 0 radical (unpaired) electrons. The van der Waals surface area contributed by atoms with Gasteiger partial charge in [-0.15, -0.1) is 0 Å². The van der Waals surface area contributed by atoms with Crippen LogP contribution in [0.2, 0.25) is 0 Å². The first-order valence-electron chi connectivity index (χ1n) is 4.54. The van der Waals surface area contributed by atoms with Gasteiger partial charge in [0.2, 0.25) is 0 Å². The number of hydrogen-bond acceptors (Lipinski definition) is 2. The molecular formula is C9H19NS. The molecular weight excluding hydrogens is 154 g/mol. The van der Waals surface area contributed by atoms with Crippen molar-refractivity contribution in [3.05, 3.63) is 0 Å². The van der Waals surface area contributed by atoms with Crippen molar-refractivity contribution in [1.29, 1.82) is 0 Å². The molecule has 1 fully saturated rings. The zero-order valence-electron chi connectivity index (χ0n) is 7.84. The van der Waals surface area contributed by atoms with E-state index in [1.54, 1.807) is 0 Å². The van der Waals surface area contributed by atoms with Crippen molar-refractivity contribution >= 4 is 11.9 Å². The molecule has 0 spiro atoms. The summed E-state index contributed by atoms with van der Waals surface area (Å²) in [6, 6.07) is 0. The van der Waals surface area contributed by atoms with E-state index < -0.39 is 0 Å². The van der Waals surface area contributed by atoms with Crippen LogP contribution in [0, 0.1) is 5.92 Å². The summed E-state index contributed by atoms with van der Waals surface area (Å²) < 4.78 is 2.24. The van der Waals surface area contributed by atoms with Crippen LogP contribution in [0.1, 0.15) is 32.6 Å². The van der Waals surface area contributed by atoms with Gasteiger partial charge < -0.3 is 0 Å². The van der Waals surface area contributed by atoms with Gasteiger partial charge in [-0.25, -0.2) is 0 Å². The molecule has 1 aliphatic carbocycles. The van der Waals surface area contributed by atoms with Gasteiger partial charge in [0.1, 0.15) is 0 Å². The smallest absolute Gasteiger partial charge is 0.0220 e. The Bertz CT molecular complexity index is 114. The van der Waals surface area contributed by atoms with Gasteiger partial charge in [-0.05, 0) is 32.9 Å². The highest BCUT2D eigenvalue weighted by molar-refractivity contribution is 7.97. The van der Waals surface area contributed by atoms with Crippen LogP contribution < -0.4 is 0 Å².